The van der Waals surface area contributed by atoms with Crippen molar-refractivity contribution in [2.24, 2.45) is 5.92 Å². The van der Waals surface area contributed by atoms with Crippen LogP contribution < -0.4 is 4.74 Å². The van der Waals surface area contributed by atoms with Crippen LogP contribution in [0, 0.1) is 19.8 Å². The lowest BCUT2D eigenvalue weighted by molar-refractivity contribution is 0.130. The second-order valence-corrected chi connectivity index (χ2v) is 11.4. The Bertz CT molecular complexity index is 1450. The minimum atomic E-state index is 0.0569. The molecule has 0 unspecified atom stereocenters. The van der Waals surface area contributed by atoms with E-state index in [2.05, 4.69) is 59.9 Å². The summed E-state index contributed by atoms with van der Waals surface area (Å²) in [6.07, 6.45) is 8.84. The van der Waals surface area contributed by atoms with Crippen molar-refractivity contribution in [2.45, 2.75) is 64.7 Å². The Morgan fingerprint density at radius 2 is 1.97 bits per heavy atom. The predicted octanol–water partition coefficient (Wildman–Crippen LogP) is 5.15. The highest BCUT2D eigenvalue weighted by Crippen LogP contribution is 2.47. The van der Waals surface area contributed by atoms with E-state index in [1.54, 1.807) is 6.33 Å². The second kappa shape index (κ2) is 7.53. The number of ether oxygens (including phenoxy) is 1. The molecule has 1 spiro atoms. The molecule has 182 valence electrons. The van der Waals surface area contributed by atoms with Gasteiger partial charge in [0.25, 0.3) is 0 Å². The van der Waals surface area contributed by atoms with Crippen molar-refractivity contribution in [3.05, 3.63) is 41.0 Å². The maximum Gasteiger partial charge on any atom is 0.158 e. The van der Waals surface area contributed by atoms with Crippen molar-refractivity contribution in [1.82, 2.24) is 29.5 Å². The van der Waals surface area contributed by atoms with Crippen LogP contribution in [0.2, 0.25) is 0 Å². The lowest BCUT2D eigenvalue weighted by Gasteiger charge is -2.38. The van der Waals surface area contributed by atoms with Crippen LogP contribution in [0.25, 0.3) is 27.9 Å². The Hall–Kier alpha value is -2.93. The van der Waals surface area contributed by atoms with E-state index in [1.807, 2.05) is 4.52 Å². The zero-order valence-electron chi connectivity index (χ0n) is 21.2. The molecule has 0 radical (unpaired) electrons. The fraction of sp³-hybridized carbons (Fsp3) is 0.536. The zero-order chi connectivity index (χ0) is 23.9. The predicted molar refractivity (Wildman–Crippen MR) is 137 cm³/mol. The molecule has 35 heavy (non-hydrogen) atoms. The van der Waals surface area contributed by atoms with Crippen LogP contribution in [0.1, 0.15) is 67.8 Å². The average molecular weight is 471 g/mol. The van der Waals surface area contributed by atoms with Gasteiger partial charge in [-0.15, -0.1) is 0 Å². The van der Waals surface area contributed by atoms with Crippen LogP contribution in [0.5, 0.6) is 5.75 Å². The molecule has 0 amide bonds. The number of likely N-dealkylation sites (tertiary alicyclic amines) is 1. The maximum absolute atomic E-state index is 6.31. The molecule has 7 nitrogen and oxygen atoms in total. The van der Waals surface area contributed by atoms with Gasteiger partial charge < -0.3 is 14.6 Å². The van der Waals surface area contributed by atoms with Crippen molar-refractivity contribution < 1.29 is 4.74 Å². The number of nitrogens with zero attached hydrogens (tertiary/aromatic N) is 5. The third-order valence-corrected chi connectivity index (χ3v) is 8.78. The SMILES string of the molecule is Cc1c(-c2[nH]c3cc4c(nc3c2C(C)C)C2(CCN(CC3CC3)CC2)CO4)cn2ncnc2c1C. The van der Waals surface area contributed by atoms with Gasteiger partial charge in [0.2, 0.25) is 0 Å². The highest BCUT2D eigenvalue weighted by atomic mass is 16.5. The molecule has 0 aromatic carbocycles. The minimum Gasteiger partial charge on any atom is -0.491 e. The fourth-order valence-electron chi connectivity index (χ4n) is 6.33. The van der Waals surface area contributed by atoms with Gasteiger partial charge in [0.15, 0.2) is 5.65 Å². The first kappa shape index (κ1) is 21.4. The Kier molecular flexibility index (Phi) is 4.60. The molecule has 7 rings (SSSR count). The first-order chi connectivity index (χ1) is 16.9. The van der Waals surface area contributed by atoms with Gasteiger partial charge in [0.05, 0.1) is 34.4 Å². The standard InChI is InChI=1S/C28H34N6O/c1-16(2)23-24(20-13-34-27(29-15-30-34)18(4)17(20)3)31-21-11-22-26(32-25(21)23)28(14-35-22)7-9-33(10-8-28)12-19-5-6-19/h11,13,15-16,19,31H,5-10,12,14H2,1-4H3. The summed E-state index contributed by atoms with van der Waals surface area (Å²) in [5.41, 5.74) is 10.3. The van der Waals surface area contributed by atoms with Crippen LogP contribution in [0.3, 0.4) is 0 Å². The monoisotopic (exact) mass is 470 g/mol. The molecule has 1 N–H and O–H groups in total. The molecule has 1 saturated carbocycles. The van der Waals surface area contributed by atoms with Gasteiger partial charge in [-0.25, -0.2) is 14.5 Å². The van der Waals surface area contributed by atoms with Gasteiger partial charge in [-0.2, -0.15) is 5.10 Å². The number of aromatic nitrogens is 5. The summed E-state index contributed by atoms with van der Waals surface area (Å²) in [5.74, 6) is 2.25. The number of aryl methyl sites for hydroxylation is 1. The number of rotatable bonds is 4. The summed E-state index contributed by atoms with van der Waals surface area (Å²) in [5, 5.41) is 4.42. The number of piperidine rings is 1. The quantitative estimate of drug-likeness (QED) is 0.447. The molecular formula is C28H34N6O. The van der Waals surface area contributed by atoms with Crippen molar-refractivity contribution >= 4 is 16.7 Å². The summed E-state index contributed by atoms with van der Waals surface area (Å²) in [6.45, 7) is 13.2. The number of pyridine rings is 2. The number of fused-ring (bicyclic) bond motifs is 4. The fourth-order valence-corrected chi connectivity index (χ4v) is 6.33. The Labute approximate surface area is 205 Å². The smallest absolute Gasteiger partial charge is 0.158 e. The largest absolute Gasteiger partial charge is 0.491 e. The first-order valence-corrected chi connectivity index (χ1v) is 13.2. The van der Waals surface area contributed by atoms with Crippen LogP contribution in [-0.4, -0.2) is 55.7 Å². The third kappa shape index (κ3) is 3.24. The van der Waals surface area contributed by atoms with Crippen LogP contribution >= 0.6 is 0 Å². The molecule has 6 heterocycles. The van der Waals surface area contributed by atoms with Crippen LogP contribution in [-0.2, 0) is 5.41 Å². The van der Waals surface area contributed by atoms with Gasteiger partial charge in [-0.1, -0.05) is 13.8 Å². The molecular weight excluding hydrogens is 436 g/mol. The Morgan fingerprint density at radius 3 is 2.71 bits per heavy atom. The summed E-state index contributed by atoms with van der Waals surface area (Å²) >= 11 is 0. The van der Waals surface area contributed by atoms with Crippen molar-refractivity contribution in [3.8, 4) is 17.0 Å². The normalized spacial score (nSPS) is 19.8. The topological polar surface area (TPSA) is 71.3 Å². The molecule has 2 fully saturated rings. The van der Waals surface area contributed by atoms with E-state index in [4.69, 9.17) is 9.72 Å². The number of H-pyrrole nitrogens is 1. The zero-order valence-corrected chi connectivity index (χ0v) is 21.2. The lowest BCUT2D eigenvalue weighted by atomic mass is 9.77. The molecule has 0 bridgehead atoms. The molecule has 4 aromatic rings. The van der Waals surface area contributed by atoms with Gasteiger partial charge in [-0.3, -0.25) is 0 Å². The van der Waals surface area contributed by atoms with Crippen molar-refractivity contribution in [3.63, 3.8) is 0 Å². The summed E-state index contributed by atoms with van der Waals surface area (Å²) in [4.78, 5) is 16.2. The maximum atomic E-state index is 6.31. The Morgan fingerprint density at radius 1 is 1.17 bits per heavy atom. The molecule has 1 aliphatic carbocycles. The van der Waals surface area contributed by atoms with Gasteiger partial charge in [0.1, 0.15) is 12.1 Å². The van der Waals surface area contributed by atoms with Crippen LogP contribution in [0.15, 0.2) is 18.6 Å². The Balaban J connectivity index is 1.33. The van der Waals surface area contributed by atoms with E-state index in [-0.39, 0.29) is 5.41 Å². The highest BCUT2D eigenvalue weighted by molar-refractivity contribution is 5.90. The van der Waals surface area contributed by atoms with E-state index in [9.17, 15) is 0 Å². The van der Waals surface area contributed by atoms with Gasteiger partial charge in [-0.05, 0) is 75.6 Å². The third-order valence-electron chi connectivity index (χ3n) is 8.78. The molecule has 7 heteroatoms. The molecule has 1 saturated heterocycles. The number of hydrogen-bond acceptors (Lipinski definition) is 5. The first-order valence-electron chi connectivity index (χ1n) is 13.2. The van der Waals surface area contributed by atoms with Crippen LogP contribution in [0.4, 0.5) is 0 Å². The van der Waals surface area contributed by atoms with E-state index in [0.29, 0.717) is 5.92 Å². The average Bonchev–Trinajstić information content (AvgIpc) is 3.26. The van der Waals surface area contributed by atoms with Crippen molar-refractivity contribution in [1.29, 1.82) is 0 Å². The molecule has 3 aliphatic rings. The van der Waals surface area contributed by atoms with E-state index in [1.165, 1.54) is 36.2 Å². The second-order valence-electron chi connectivity index (χ2n) is 11.4. The summed E-state index contributed by atoms with van der Waals surface area (Å²) < 4.78 is 8.19. The van der Waals surface area contributed by atoms with Crippen molar-refractivity contribution in [2.75, 3.05) is 26.2 Å². The summed E-state index contributed by atoms with van der Waals surface area (Å²) in [6, 6.07) is 2.20. The molecule has 4 aromatic heterocycles. The molecule has 2 aliphatic heterocycles. The van der Waals surface area contributed by atoms with E-state index >= 15 is 0 Å². The lowest BCUT2D eigenvalue weighted by Crippen LogP contribution is -2.44. The van der Waals surface area contributed by atoms with Gasteiger partial charge >= 0.3 is 0 Å². The highest BCUT2D eigenvalue weighted by Gasteiger charge is 2.45. The van der Waals surface area contributed by atoms with E-state index < -0.39 is 0 Å². The molecule has 0 atom stereocenters. The number of aromatic amines is 1. The van der Waals surface area contributed by atoms with E-state index in [0.717, 1.165) is 77.7 Å². The number of nitrogens with one attached hydrogen (secondary N) is 1. The van der Waals surface area contributed by atoms with Gasteiger partial charge in [0, 0.05) is 29.9 Å². The summed E-state index contributed by atoms with van der Waals surface area (Å²) in [7, 11) is 0. The number of hydrogen-bond donors (Lipinski definition) is 1. The minimum absolute atomic E-state index is 0.0569.